The summed E-state index contributed by atoms with van der Waals surface area (Å²) in [4.78, 5) is 0. The van der Waals surface area contributed by atoms with E-state index in [0.717, 1.165) is 19.4 Å². The van der Waals surface area contributed by atoms with Gasteiger partial charge in [0.15, 0.2) is 0 Å². The van der Waals surface area contributed by atoms with Crippen LogP contribution < -0.4 is 5.32 Å². The molecule has 19 heavy (non-hydrogen) atoms. The molecule has 1 atom stereocenters. The first kappa shape index (κ1) is 17.4. The van der Waals surface area contributed by atoms with Gasteiger partial charge >= 0.3 is 0 Å². The molecule has 1 unspecified atom stereocenters. The first-order valence-electron chi connectivity index (χ1n) is 5.93. The summed E-state index contributed by atoms with van der Waals surface area (Å²) in [5, 5.41) is 4.93. The Morgan fingerprint density at radius 3 is 2.89 bits per heavy atom. The van der Waals surface area contributed by atoms with Gasteiger partial charge in [-0.1, -0.05) is 0 Å². The number of hydrogen-bond acceptors (Lipinski definition) is 4. The van der Waals surface area contributed by atoms with E-state index in [2.05, 4.69) is 21.2 Å². The van der Waals surface area contributed by atoms with Gasteiger partial charge in [-0.3, -0.25) is 0 Å². The maximum atomic E-state index is 12.5. The van der Waals surface area contributed by atoms with E-state index in [1.165, 1.54) is 11.3 Å². The van der Waals surface area contributed by atoms with Gasteiger partial charge in [-0.25, -0.2) is 8.42 Å². The molecule has 0 radical (unpaired) electrons. The van der Waals surface area contributed by atoms with Gasteiger partial charge in [0.05, 0.1) is 0 Å². The van der Waals surface area contributed by atoms with E-state index in [1.807, 2.05) is 7.05 Å². The van der Waals surface area contributed by atoms with Crippen LogP contribution in [0.25, 0.3) is 0 Å². The Hall–Kier alpha value is 0.340. The first-order chi connectivity index (χ1) is 8.55. The molecule has 0 spiro atoms. The fourth-order valence-electron chi connectivity index (χ4n) is 2.28. The van der Waals surface area contributed by atoms with Crippen molar-refractivity contribution in [3.63, 3.8) is 0 Å². The molecule has 1 saturated heterocycles. The highest BCUT2D eigenvalue weighted by molar-refractivity contribution is 9.10. The lowest BCUT2D eigenvalue weighted by molar-refractivity contribution is 0.264. The summed E-state index contributed by atoms with van der Waals surface area (Å²) in [6, 6.07) is 1.78. The van der Waals surface area contributed by atoms with Crippen LogP contribution in [0.15, 0.2) is 20.1 Å². The third-order valence-electron chi connectivity index (χ3n) is 3.13. The van der Waals surface area contributed by atoms with Gasteiger partial charge in [-0.05, 0) is 59.7 Å². The Kier molecular flexibility index (Phi) is 6.75. The Morgan fingerprint density at radius 2 is 2.32 bits per heavy atom. The minimum Gasteiger partial charge on any atom is -0.319 e. The molecule has 0 aliphatic carbocycles. The van der Waals surface area contributed by atoms with Gasteiger partial charge in [0, 0.05) is 17.6 Å². The van der Waals surface area contributed by atoms with Crippen LogP contribution in [-0.4, -0.2) is 39.4 Å². The predicted octanol–water partition coefficient (Wildman–Crippen LogP) is 2.55. The number of thiophene rings is 1. The lowest BCUT2D eigenvalue weighted by atomic mass is 10.00. The maximum absolute atomic E-state index is 12.5. The zero-order chi connectivity index (χ0) is 13.2. The zero-order valence-electron chi connectivity index (χ0n) is 10.6. The molecule has 0 saturated carbocycles. The molecule has 1 aromatic rings. The molecule has 2 heterocycles. The molecule has 1 fully saturated rings. The molecule has 4 nitrogen and oxygen atoms in total. The summed E-state index contributed by atoms with van der Waals surface area (Å²) >= 11 is 4.58. The van der Waals surface area contributed by atoms with Crippen molar-refractivity contribution in [1.82, 2.24) is 9.62 Å². The Labute approximate surface area is 133 Å². The van der Waals surface area contributed by atoms with Crippen LogP contribution in [0.3, 0.4) is 0 Å². The summed E-state index contributed by atoms with van der Waals surface area (Å²) in [5.41, 5.74) is 0. The topological polar surface area (TPSA) is 49.4 Å². The SMILES string of the molecule is CNCC1CCCN(S(=O)(=O)c2sccc2Br)C1.Cl. The van der Waals surface area contributed by atoms with Crippen molar-refractivity contribution in [2.24, 2.45) is 5.92 Å². The average molecular weight is 390 g/mol. The van der Waals surface area contributed by atoms with Crippen molar-refractivity contribution in [2.45, 2.75) is 17.1 Å². The van der Waals surface area contributed by atoms with Crippen LogP contribution in [0.1, 0.15) is 12.8 Å². The smallest absolute Gasteiger partial charge is 0.253 e. The van der Waals surface area contributed by atoms with E-state index >= 15 is 0 Å². The quantitative estimate of drug-likeness (QED) is 0.861. The number of piperidine rings is 1. The second kappa shape index (κ2) is 7.38. The minimum atomic E-state index is -3.32. The summed E-state index contributed by atoms with van der Waals surface area (Å²) in [5.74, 6) is 0.414. The lowest BCUT2D eigenvalue weighted by Crippen LogP contribution is -2.42. The number of halogens is 2. The second-order valence-corrected chi connectivity index (χ2v) is 8.39. The molecular formula is C11H18BrClN2O2S2. The molecule has 1 aliphatic rings. The van der Waals surface area contributed by atoms with Crippen molar-refractivity contribution in [2.75, 3.05) is 26.7 Å². The van der Waals surface area contributed by atoms with E-state index < -0.39 is 10.0 Å². The molecule has 8 heteroatoms. The number of rotatable bonds is 4. The number of hydrogen-bond donors (Lipinski definition) is 1. The summed E-state index contributed by atoms with van der Waals surface area (Å²) in [7, 11) is -1.42. The summed E-state index contributed by atoms with van der Waals surface area (Å²) in [6.07, 6.45) is 2.03. The monoisotopic (exact) mass is 388 g/mol. The zero-order valence-corrected chi connectivity index (χ0v) is 14.7. The predicted molar refractivity (Wildman–Crippen MR) is 84.7 cm³/mol. The Balaban J connectivity index is 0.00000180. The molecule has 0 bridgehead atoms. The van der Waals surface area contributed by atoms with E-state index in [4.69, 9.17) is 0 Å². The summed E-state index contributed by atoms with van der Waals surface area (Å²) < 4.78 is 27.7. The fraction of sp³-hybridized carbons (Fsp3) is 0.636. The van der Waals surface area contributed by atoms with Crippen molar-refractivity contribution < 1.29 is 8.42 Å². The third-order valence-corrected chi connectivity index (χ3v) is 7.65. The average Bonchev–Trinajstić information content (AvgIpc) is 2.77. The highest BCUT2D eigenvalue weighted by atomic mass is 79.9. The van der Waals surface area contributed by atoms with Crippen molar-refractivity contribution in [3.05, 3.63) is 15.9 Å². The minimum absolute atomic E-state index is 0. The van der Waals surface area contributed by atoms with Gasteiger partial charge < -0.3 is 5.32 Å². The van der Waals surface area contributed by atoms with Gasteiger partial charge in [0.25, 0.3) is 10.0 Å². The van der Waals surface area contributed by atoms with Crippen molar-refractivity contribution >= 4 is 49.7 Å². The van der Waals surface area contributed by atoms with Crippen molar-refractivity contribution in [1.29, 1.82) is 0 Å². The van der Waals surface area contributed by atoms with Crippen LogP contribution in [0.4, 0.5) is 0 Å². The normalized spacial score (nSPS) is 21.1. The third kappa shape index (κ3) is 3.92. The molecule has 0 aromatic carbocycles. The molecule has 1 aliphatic heterocycles. The van der Waals surface area contributed by atoms with Crippen LogP contribution in [0.5, 0.6) is 0 Å². The molecule has 110 valence electrons. The standard InChI is InChI=1S/C11H17BrN2O2S2.ClH/c1-13-7-9-3-2-5-14(8-9)18(15,16)11-10(12)4-6-17-11;/h4,6,9,13H,2-3,5,7-8H2,1H3;1H. The molecule has 2 rings (SSSR count). The van der Waals surface area contributed by atoms with E-state index in [0.29, 0.717) is 27.7 Å². The Bertz CT molecular complexity index is 505. The van der Waals surface area contributed by atoms with Gasteiger partial charge in [0.1, 0.15) is 4.21 Å². The number of nitrogens with one attached hydrogen (secondary N) is 1. The van der Waals surface area contributed by atoms with E-state index in [9.17, 15) is 8.42 Å². The molecule has 1 N–H and O–H groups in total. The Morgan fingerprint density at radius 1 is 1.58 bits per heavy atom. The van der Waals surface area contributed by atoms with Crippen LogP contribution in [0, 0.1) is 5.92 Å². The van der Waals surface area contributed by atoms with Gasteiger partial charge in [-0.15, -0.1) is 23.7 Å². The van der Waals surface area contributed by atoms with Gasteiger partial charge in [0.2, 0.25) is 0 Å². The number of sulfonamides is 1. The molecule has 0 amide bonds. The van der Waals surface area contributed by atoms with E-state index in [1.54, 1.807) is 15.8 Å². The van der Waals surface area contributed by atoms with Crippen molar-refractivity contribution in [3.8, 4) is 0 Å². The van der Waals surface area contributed by atoms with Crippen LogP contribution in [0.2, 0.25) is 0 Å². The fourth-order valence-corrected chi connectivity index (χ4v) is 6.29. The largest absolute Gasteiger partial charge is 0.319 e. The molecule has 1 aromatic heterocycles. The first-order valence-corrected chi connectivity index (χ1v) is 9.04. The highest BCUT2D eigenvalue weighted by Crippen LogP contribution is 2.32. The van der Waals surface area contributed by atoms with Crippen LogP contribution >= 0.6 is 39.7 Å². The van der Waals surface area contributed by atoms with E-state index in [-0.39, 0.29) is 12.4 Å². The van der Waals surface area contributed by atoms with Gasteiger partial charge in [-0.2, -0.15) is 4.31 Å². The van der Waals surface area contributed by atoms with Crippen LogP contribution in [-0.2, 0) is 10.0 Å². The maximum Gasteiger partial charge on any atom is 0.253 e. The summed E-state index contributed by atoms with van der Waals surface area (Å²) in [6.45, 7) is 2.12. The highest BCUT2D eigenvalue weighted by Gasteiger charge is 2.31. The molecular weight excluding hydrogens is 372 g/mol. The number of nitrogens with zero attached hydrogens (tertiary/aromatic N) is 1. The lowest BCUT2D eigenvalue weighted by Gasteiger charge is -2.31. The second-order valence-electron chi connectivity index (χ2n) is 4.48.